The van der Waals surface area contributed by atoms with Crippen molar-refractivity contribution in [1.29, 1.82) is 0 Å². The van der Waals surface area contributed by atoms with Crippen LogP contribution in [0.1, 0.15) is 44.5 Å². The highest BCUT2D eigenvalue weighted by molar-refractivity contribution is 7.71. The number of carbonyl (C=O) groups excluding carboxylic acids is 2. The number of H-pyrrole nitrogens is 1. The van der Waals surface area contributed by atoms with E-state index in [1.165, 1.54) is 12.3 Å². The standard InChI is InChI=1S/C25H24N2O6S/c1-15-3-7-17(8-4-15)23(29)31-14-20-19(33-24(30)18-9-5-16(2)6-10-18)13-22(32-20)27-12-11-21(28)26-25(27)34/h3-12,19-20,22H,13-14H2,1-2H3,(H,26,28,34)/t19-,20+,22+/m0/s1. The van der Waals surface area contributed by atoms with Gasteiger partial charge in [-0.1, -0.05) is 35.4 Å². The second-order valence-electron chi connectivity index (χ2n) is 8.16. The summed E-state index contributed by atoms with van der Waals surface area (Å²) in [5.74, 6) is -1.01. The number of nitrogens with one attached hydrogen (secondary N) is 1. The Balaban J connectivity index is 1.51. The molecule has 0 saturated carbocycles. The van der Waals surface area contributed by atoms with E-state index in [-0.39, 0.29) is 23.4 Å². The summed E-state index contributed by atoms with van der Waals surface area (Å²) in [6, 6.07) is 15.4. The minimum atomic E-state index is -0.720. The van der Waals surface area contributed by atoms with Gasteiger partial charge >= 0.3 is 11.9 Å². The summed E-state index contributed by atoms with van der Waals surface area (Å²) in [4.78, 5) is 39.3. The highest BCUT2D eigenvalue weighted by atomic mass is 32.1. The molecule has 0 amide bonds. The Labute approximate surface area is 201 Å². The van der Waals surface area contributed by atoms with Crippen LogP contribution >= 0.6 is 12.2 Å². The predicted octanol–water partition coefficient (Wildman–Crippen LogP) is 3.89. The fourth-order valence-corrected chi connectivity index (χ4v) is 3.90. The SMILES string of the molecule is Cc1ccc(C(=O)OC[C@H]2O[C@@H](n3ccc(=O)[nH]c3=S)C[C@@H]2OC(=O)c2ccc(C)cc2)cc1. The van der Waals surface area contributed by atoms with Crippen LogP contribution in [0.4, 0.5) is 0 Å². The number of carbonyl (C=O) groups is 2. The Morgan fingerprint density at radius 3 is 2.18 bits per heavy atom. The van der Waals surface area contributed by atoms with Gasteiger partial charge in [0.1, 0.15) is 25.0 Å². The lowest BCUT2D eigenvalue weighted by molar-refractivity contribution is -0.0578. The first-order chi connectivity index (χ1) is 16.3. The molecule has 176 valence electrons. The van der Waals surface area contributed by atoms with Gasteiger partial charge in [-0.3, -0.25) is 14.3 Å². The molecule has 0 aliphatic carbocycles. The molecular formula is C25H24N2O6S. The van der Waals surface area contributed by atoms with Crippen molar-refractivity contribution in [3.8, 4) is 0 Å². The molecule has 1 N–H and O–H groups in total. The lowest BCUT2D eigenvalue weighted by Gasteiger charge is -2.19. The van der Waals surface area contributed by atoms with Gasteiger partial charge in [0.2, 0.25) is 0 Å². The third kappa shape index (κ3) is 5.49. The molecule has 9 heteroatoms. The van der Waals surface area contributed by atoms with E-state index in [0.29, 0.717) is 11.1 Å². The van der Waals surface area contributed by atoms with Crippen LogP contribution in [-0.2, 0) is 14.2 Å². The second kappa shape index (κ2) is 10.1. The molecule has 3 atom stereocenters. The molecule has 1 aromatic heterocycles. The maximum atomic E-state index is 12.7. The zero-order valence-electron chi connectivity index (χ0n) is 18.7. The van der Waals surface area contributed by atoms with Gasteiger partial charge in [-0.2, -0.15) is 0 Å². The minimum Gasteiger partial charge on any atom is -0.459 e. The molecule has 1 aliphatic heterocycles. The zero-order chi connectivity index (χ0) is 24.2. The Morgan fingerprint density at radius 1 is 1.00 bits per heavy atom. The Hall–Kier alpha value is -3.56. The monoisotopic (exact) mass is 480 g/mol. The summed E-state index contributed by atoms with van der Waals surface area (Å²) in [6.45, 7) is 3.74. The van der Waals surface area contributed by atoms with E-state index in [1.807, 2.05) is 38.1 Å². The molecular weight excluding hydrogens is 456 g/mol. The largest absolute Gasteiger partial charge is 0.459 e. The summed E-state index contributed by atoms with van der Waals surface area (Å²) in [5, 5.41) is 0. The number of aromatic amines is 1. The van der Waals surface area contributed by atoms with Gasteiger partial charge < -0.3 is 14.2 Å². The van der Waals surface area contributed by atoms with Gasteiger partial charge in [0, 0.05) is 18.7 Å². The number of aryl methyl sites for hydroxylation is 2. The Kier molecular flexibility index (Phi) is 7.04. The average molecular weight is 481 g/mol. The quantitative estimate of drug-likeness (QED) is 0.422. The topological polar surface area (TPSA) is 99.6 Å². The molecule has 2 aromatic carbocycles. The first kappa shape index (κ1) is 23.6. The zero-order valence-corrected chi connectivity index (χ0v) is 19.5. The van der Waals surface area contributed by atoms with Crippen LogP contribution in [-0.4, -0.2) is 40.3 Å². The van der Waals surface area contributed by atoms with Crippen LogP contribution in [0, 0.1) is 18.6 Å². The van der Waals surface area contributed by atoms with Gasteiger partial charge in [-0.15, -0.1) is 0 Å². The van der Waals surface area contributed by atoms with Crippen molar-refractivity contribution in [1.82, 2.24) is 9.55 Å². The third-order valence-corrected chi connectivity index (χ3v) is 5.87. The molecule has 1 saturated heterocycles. The molecule has 3 aromatic rings. The number of rotatable bonds is 6. The summed E-state index contributed by atoms with van der Waals surface area (Å²) < 4.78 is 19.0. The number of esters is 2. The summed E-state index contributed by atoms with van der Waals surface area (Å²) in [6.07, 6.45) is -0.236. The van der Waals surface area contributed by atoms with E-state index >= 15 is 0 Å². The molecule has 0 radical (unpaired) electrons. The molecule has 1 aliphatic rings. The number of nitrogens with zero attached hydrogens (tertiary/aromatic N) is 1. The van der Waals surface area contributed by atoms with Crippen LogP contribution in [0.25, 0.3) is 0 Å². The normalized spacial score (nSPS) is 19.5. The van der Waals surface area contributed by atoms with E-state index in [1.54, 1.807) is 28.8 Å². The van der Waals surface area contributed by atoms with E-state index in [0.717, 1.165) is 11.1 Å². The molecule has 8 nitrogen and oxygen atoms in total. The smallest absolute Gasteiger partial charge is 0.338 e. The van der Waals surface area contributed by atoms with Gasteiger partial charge in [0.25, 0.3) is 5.56 Å². The predicted molar refractivity (Wildman–Crippen MR) is 126 cm³/mol. The van der Waals surface area contributed by atoms with Crippen LogP contribution in [0.3, 0.4) is 0 Å². The highest BCUT2D eigenvalue weighted by Crippen LogP contribution is 2.32. The Bertz CT molecular complexity index is 1300. The molecule has 4 rings (SSSR count). The van der Waals surface area contributed by atoms with Gasteiger partial charge in [-0.25, -0.2) is 9.59 Å². The minimum absolute atomic E-state index is 0.119. The molecule has 0 unspecified atom stereocenters. The summed E-state index contributed by atoms with van der Waals surface area (Å²) in [7, 11) is 0. The average Bonchev–Trinajstić information content (AvgIpc) is 3.20. The fourth-order valence-electron chi connectivity index (χ4n) is 3.63. The van der Waals surface area contributed by atoms with Crippen molar-refractivity contribution in [2.24, 2.45) is 0 Å². The van der Waals surface area contributed by atoms with E-state index in [9.17, 15) is 14.4 Å². The van der Waals surface area contributed by atoms with Crippen molar-refractivity contribution >= 4 is 24.2 Å². The van der Waals surface area contributed by atoms with Crippen molar-refractivity contribution in [2.75, 3.05) is 6.61 Å². The molecule has 0 spiro atoms. The van der Waals surface area contributed by atoms with Crippen LogP contribution < -0.4 is 5.56 Å². The first-order valence-corrected chi connectivity index (χ1v) is 11.2. The molecule has 34 heavy (non-hydrogen) atoms. The van der Waals surface area contributed by atoms with E-state index in [2.05, 4.69) is 4.98 Å². The summed E-state index contributed by atoms with van der Waals surface area (Å²) in [5.41, 5.74) is 2.54. The maximum absolute atomic E-state index is 12.7. The van der Waals surface area contributed by atoms with Crippen molar-refractivity contribution in [3.05, 3.63) is 98.2 Å². The maximum Gasteiger partial charge on any atom is 0.338 e. The summed E-state index contributed by atoms with van der Waals surface area (Å²) >= 11 is 5.24. The number of hydrogen-bond acceptors (Lipinski definition) is 7. The lowest BCUT2D eigenvalue weighted by atomic mass is 10.1. The van der Waals surface area contributed by atoms with E-state index in [4.69, 9.17) is 26.4 Å². The lowest BCUT2D eigenvalue weighted by Crippen LogP contribution is -2.32. The highest BCUT2D eigenvalue weighted by Gasteiger charge is 2.40. The first-order valence-electron chi connectivity index (χ1n) is 10.8. The molecule has 2 heterocycles. The van der Waals surface area contributed by atoms with Crippen LogP contribution in [0.5, 0.6) is 0 Å². The fraction of sp³-hybridized carbons (Fsp3) is 0.280. The van der Waals surface area contributed by atoms with Gasteiger partial charge in [-0.05, 0) is 50.3 Å². The number of hydrogen-bond donors (Lipinski definition) is 1. The second-order valence-corrected chi connectivity index (χ2v) is 8.54. The molecule has 0 bridgehead atoms. The van der Waals surface area contributed by atoms with Crippen molar-refractivity contribution < 1.29 is 23.8 Å². The van der Waals surface area contributed by atoms with E-state index < -0.39 is 30.4 Å². The van der Waals surface area contributed by atoms with Crippen LogP contribution in [0.15, 0.2) is 65.6 Å². The van der Waals surface area contributed by atoms with Gasteiger partial charge in [0.15, 0.2) is 4.77 Å². The van der Waals surface area contributed by atoms with Crippen LogP contribution in [0.2, 0.25) is 0 Å². The number of aromatic nitrogens is 2. The third-order valence-electron chi connectivity index (χ3n) is 5.55. The van der Waals surface area contributed by atoms with Crippen molar-refractivity contribution in [2.45, 2.75) is 38.7 Å². The van der Waals surface area contributed by atoms with Crippen molar-refractivity contribution in [3.63, 3.8) is 0 Å². The Morgan fingerprint density at radius 2 is 1.59 bits per heavy atom. The number of benzene rings is 2. The number of ether oxygens (including phenoxy) is 3. The van der Waals surface area contributed by atoms with Gasteiger partial charge in [0.05, 0.1) is 11.1 Å². The molecule has 1 fully saturated rings.